The summed E-state index contributed by atoms with van der Waals surface area (Å²) < 4.78 is 56.7. The molecule has 1 amide bonds. The van der Waals surface area contributed by atoms with Crippen molar-refractivity contribution in [2.75, 3.05) is 7.11 Å². The lowest BCUT2D eigenvalue weighted by Gasteiger charge is -2.14. The molecule has 4 aromatic carbocycles. The number of carbonyl (C=O) groups is 1. The van der Waals surface area contributed by atoms with E-state index in [9.17, 15) is 18.0 Å². The Bertz CT molecular complexity index is 1520. The van der Waals surface area contributed by atoms with Crippen LogP contribution in [0.25, 0.3) is 0 Å². The standard InChI is InChI=1S/C30H23Cl2F3N2O4/c1-39-27-15-20(11-12-26(27)40-17-19-7-3-2-4-8-19)18-41-28-24(31)13-21(14-25(28)32)16-36-37-29(38)22-9-5-6-10-23(22)30(33,34)35/h2-16H,17-18H2,1H3,(H,37,38)/b36-16+. The number of halogens is 5. The molecular formula is C30H23Cl2F3N2O4. The highest BCUT2D eigenvalue weighted by Gasteiger charge is 2.34. The number of carbonyl (C=O) groups excluding carboxylic acids is 1. The summed E-state index contributed by atoms with van der Waals surface area (Å²) in [4.78, 5) is 12.3. The van der Waals surface area contributed by atoms with Gasteiger partial charge in [0.25, 0.3) is 5.91 Å². The van der Waals surface area contributed by atoms with Crippen molar-refractivity contribution in [2.45, 2.75) is 19.4 Å². The van der Waals surface area contributed by atoms with Gasteiger partial charge in [0.05, 0.1) is 34.5 Å². The summed E-state index contributed by atoms with van der Waals surface area (Å²) in [6.07, 6.45) is -3.48. The van der Waals surface area contributed by atoms with Gasteiger partial charge in [0.1, 0.15) is 13.2 Å². The molecule has 0 heterocycles. The van der Waals surface area contributed by atoms with Gasteiger partial charge in [-0.05, 0) is 53.1 Å². The van der Waals surface area contributed by atoms with Crippen LogP contribution in [-0.2, 0) is 19.4 Å². The second-order valence-electron chi connectivity index (χ2n) is 8.60. The summed E-state index contributed by atoms with van der Waals surface area (Å²) in [6, 6.07) is 22.5. The van der Waals surface area contributed by atoms with Gasteiger partial charge in [0.2, 0.25) is 0 Å². The van der Waals surface area contributed by atoms with E-state index in [2.05, 4.69) is 10.5 Å². The van der Waals surface area contributed by atoms with Crippen LogP contribution in [0.2, 0.25) is 10.0 Å². The van der Waals surface area contributed by atoms with E-state index >= 15 is 0 Å². The van der Waals surface area contributed by atoms with Gasteiger partial charge in [-0.15, -0.1) is 0 Å². The van der Waals surface area contributed by atoms with Gasteiger partial charge in [-0.3, -0.25) is 4.79 Å². The summed E-state index contributed by atoms with van der Waals surface area (Å²) in [6.45, 7) is 0.509. The van der Waals surface area contributed by atoms with Crippen molar-refractivity contribution in [1.82, 2.24) is 5.43 Å². The lowest BCUT2D eigenvalue weighted by atomic mass is 10.1. The number of alkyl halides is 3. The van der Waals surface area contributed by atoms with E-state index in [-0.39, 0.29) is 22.4 Å². The molecule has 0 aromatic heterocycles. The van der Waals surface area contributed by atoms with E-state index in [1.807, 2.05) is 36.4 Å². The molecule has 0 bridgehead atoms. The summed E-state index contributed by atoms with van der Waals surface area (Å²) >= 11 is 12.7. The molecule has 4 aromatic rings. The molecule has 41 heavy (non-hydrogen) atoms. The van der Waals surface area contributed by atoms with Crippen LogP contribution in [0, 0.1) is 0 Å². The molecule has 6 nitrogen and oxygen atoms in total. The molecule has 0 aliphatic carbocycles. The SMILES string of the molecule is COc1cc(COc2c(Cl)cc(/C=N/NC(=O)c3ccccc3C(F)(F)F)cc2Cl)ccc1OCc1ccccc1. The number of rotatable bonds is 10. The third-order valence-corrected chi connectivity index (χ3v) is 6.29. The smallest absolute Gasteiger partial charge is 0.417 e. The van der Waals surface area contributed by atoms with Crippen LogP contribution in [0.4, 0.5) is 13.2 Å². The van der Waals surface area contributed by atoms with E-state index < -0.39 is 23.2 Å². The number of nitrogens with one attached hydrogen (secondary N) is 1. The zero-order valence-corrected chi connectivity index (χ0v) is 23.1. The van der Waals surface area contributed by atoms with Crippen LogP contribution in [0.1, 0.15) is 32.6 Å². The van der Waals surface area contributed by atoms with Crippen molar-refractivity contribution in [3.05, 3.63) is 123 Å². The predicted octanol–water partition coefficient (Wildman–Crippen LogP) is 7.94. The number of methoxy groups -OCH3 is 1. The fourth-order valence-electron chi connectivity index (χ4n) is 3.76. The Morgan fingerprint density at radius 3 is 2.20 bits per heavy atom. The van der Waals surface area contributed by atoms with E-state index in [1.165, 1.54) is 30.5 Å². The Hall–Kier alpha value is -4.21. The molecule has 0 saturated heterocycles. The van der Waals surface area contributed by atoms with Crippen molar-refractivity contribution in [3.8, 4) is 17.2 Å². The predicted molar refractivity (Wildman–Crippen MR) is 151 cm³/mol. The Labute approximate surface area is 244 Å². The molecule has 0 aliphatic heterocycles. The number of hydrogen-bond donors (Lipinski definition) is 1. The highest BCUT2D eigenvalue weighted by atomic mass is 35.5. The molecule has 0 fully saturated rings. The van der Waals surface area contributed by atoms with Gasteiger partial charge in [-0.2, -0.15) is 18.3 Å². The number of hydrogen-bond acceptors (Lipinski definition) is 5. The zero-order valence-electron chi connectivity index (χ0n) is 21.5. The first-order chi connectivity index (χ1) is 19.7. The van der Waals surface area contributed by atoms with E-state index in [4.69, 9.17) is 37.4 Å². The molecule has 0 radical (unpaired) electrons. The quantitative estimate of drug-likeness (QED) is 0.148. The highest BCUT2D eigenvalue weighted by Crippen LogP contribution is 2.36. The van der Waals surface area contributed by atoms with Crippen molar-refractivity contribution in [3.63, 3.8) is 0 Å². The minimum Gasteiger partial charge on any atom is -0.493 e. The van der Waals surface area contributed by atoms with Crippen LogP contribution in [0.15, 0.2) is 90.0 Å². The number of hydrazone groups is 1. The summed E-state index contributed by atoms with van der Waals surface area (Å²) in [5, 5.41) is 4.07. The fourth-order valence-corrected chi connectivity index (χ4v) is 4.37. The molecule has 212 valence electrons. The maximum Gasteiger partial charge on any atom is 0.417 e. The first-order valence-electron chi connectivity index (χ1n) is 12.1. The van der Waals surface area contributed by atoms with E-state index in [0.717, 1.165) is 23.3 Å². The summed E-state index contributed by atoms with van der Waals surface area (Å²) in [7, 11) is 1.54. The van der Waals surface area contributed by atoms with Gasteiger partial charge in [0, 0.05) is 0 Å². The molecule has 1 N–H and O–H groups in total. The van der Waals surface area contributed by atoms with Crippen molar-refractivity contribution in [2.24, 2.45) is 5.10 Å². The maximum atomic E-state index is 13.2. The van der Waals surface area contributed by atoms with Gasteiger partial charge < -0.3 is 14.2 Å². The van der Waals surface area contributed by atoms with Gasteiger partial charge in [-0.1, -0.05) is 71.7 Å². The van der Waals surface area contributed by atoms with Crippen molar-refractivity contribution in [1.29, 1.82) is 0 Å². The van der Waals surface area contributed by atoms with Crippen LogP contribution in [-0.4, -0.2) is 19.2 Å². The van der Waals surface area contributed by atoms with E-state index in [1.54, 1.807) is 19.2 Å². The Kier molecular flexibility index (Phi) is 9.75. The second kappa shape index (κ2) is 13.4. The monoisotopic (exact) mass is 602 g/mol. The number of amides is 1. The molecular weight excluding hydrogens is 580 g/mol. The lowest BCUT2D eigenvalue weighted by Crippen LogP contribution is -2.22. The Morgan fingerprint density at radius 1 is 0.854 bits per heavy atom. The highest BCUT2D eigenvalue weighted by molar-refractivity contribution is 6.37. The maximum absolute atomic E-state index is 13.2. The molecule has 0 saturated carbocycles. The van der Waals surface area contributed by atoms with E-state index in [0.29, 0.717) is 23.7 Å². The zero-order chi connectivity index (χ0) is 29.4. The van der Waals surface area contributed by atoms with Gasteiger partial charge in [-0.25, -0.2) is 5.43 Å². The summed E-state index contributed by atoms with van der Waals surface area (Å²) in [5.74, 6) is 0.315. The Morgan fingerprint density at radius 2 is 1.51 bits per heavy atom. The number of nitrogens with zero attached hydrogens (tertiary/aromatic N) is 1. The average molecular weight is 603 g/mol. The minimum atomic E-state index is -4.68. The first-order valence-corrected chi connectivity index (χ1v) is 12.9. The fraction of sp³-hybridized carbons (Fsp3) is 0.133. The van der Waals surface area contributed by atoms with Crippen molar-refractivity contribution >= 4 is 35.3 Å². The van der Waals surface area contributed by atoms with Gasteiger partial charge >= 0.3 is 6.18 Å². The molecule has 0 unspecified atom stereocenters. The van der Waals surface area contributed by atoms with Crippen LogP contribution >= 0.6 is 23.2 Å². The molecule has 0 aliphatic rings. The largest absolute Gasteiger partial charge is 0.493 e. The molecule has 4 rings (SSSR count). The third-order valence-electron chi connectivity index (χ3n) is 5.73. The normalized spacial score (nSPS) is 11.4. The minimum absolute atomic E-state index is 0.122. The summed E-state index contributed by atoms with van der Waals surface area (Å²) in [5.41, 5.74) is 2.65. The number of benzene rings is 4. The molecule has 0 spiro atoms. The average Bonchev–Trinajstić information content (AvgIpc) is 2.96. The number of ether oxygens (including phenoxy) is 3. The lowest BCUT2D eigenvalue weighted by molar-refractivity contribution is -0.137. The molecule has 0 atom stereocenters. The Balaban J connectivity index is 1.38. The van der Waals surface area contributed by atoms with Crippen LogP contribution in [0.5, 0.6) is 17.2 Å². The second-order valence-corrected chi connectivity index (χ2v) is 9.42. The van der Waals surface area contributed by atoms with Crippen LogP contribution < -0.4 is 19.6 Å². The first kappa shape index (κ1) is 29.8. The third kappa shape index (κ3) is 7.93. The van der Waals surface area contributed by atoms with Gasteiger partial charge in [0.15, 0.2) is 17.2 Å². The van der Waals surface area contributed by atoms with Crippen LogP contribution in [0.3, 0.4) is 0 Å². The topological polar surface area (TPSA) is 69.2 Å². The molecule has 11 heteroatoms. The van der Waals surface area contributed by atoms with Crippen molar-refractivity contribution < 1.29 is 32.2 Å².